The van der Waals surface area contributed by atoms with Crippen LogP contribution in [-0.2, 0) is 4.79 Å². The maximum atomic E-state index is 9.73. The van der Waals surface area contributed by atoms with Gasteiger partial charge >= 0.3 is 0 Å². The molecule has 0 bridgehead atoms. The number of aromatic amines is 1. The van der Waals surface area contributed by atoms with Gasteiger partial charge in [-0.2, -0.15) is 0 Å². The van der Waals surface area contributed by atoms with Gasteiger partial charge in [-0.05, 0) is 56.6 Å². The molecular formula is C23H25N5O2S. The molecule has 0 spiro atoms. The number of aryl methyl sites for hydroxylation is 1. The number of carbonyl (C=O) groups excluding carboxylic acids is 1. The number of hydrogen-bond donors (Lipinski definition) is 3. The fourth-order valence-electron chi connectivity index (χ4n) is 3.51. The van der Waals surface area contributed by atoms with Crippen molar-refractivity contribution in [2.45, 2.75) is 25.9 Å². The summed E-state index contributed by atoms with van der Waals surface area (Å²) in [6, 6.07) is 14.4. The first-order valence-electron chi connectivity index (χ1n) is 10.3. The largest absolute Gasteiger partial charge is 0.490 e. The Morgan fingerprint density at radius 1 is 1.16 bits per heavy atom. The van der Waals surface area contributed by atoms with E-state index in [4.69, 9.17) is 9.72 Å². The lowest BCUT2D eigenvalue weighted by Gasteiger charge is -2.24. The summed E-state index contributed by atoms with van der Waals surface area (Å²) < 4.78 is 6.27. The van der Waals surface area contributed by atoms with Gasteiger partial charge in [-0.15, -0.1) is 11.3 Å². The lowest BCUT2D eigenvalue weighted by Crippen LogP contribution is -2.34. The number of rotatable bonds is 5. The van der Waals surface area contributed by atoms with Crippen molar-refractivity contribution in [1.82, 2.24) is 20.3 Å². The van der Waals surface area contributed by atoms with Gasteiger partial charge in [0.15, 0.2) is 5.13 Å². The summed E-state index contributed by atoms with van der Waals surface area (Å²) in [5.41, 5.74) is 4.30. The van der Waals surface area contributed by atoms with E-state index in [1.807, 2.05) is 18.2 Å². The summed E-state index contributed by atoms with van der Waals surface area (Å²) in [7, 11) is 0. The van der Waals surface area contributed by atoms with Gasteiger partial charge in [0.05, 0.1) is 16.6 Å². The molecule has 2 aromatic carbocycles. The number of thiazole rings is 1. The molecule has 0 aliphatic carbocycles. The number of anilines is 1. The average molecular weight is 436 g/mol. The topological polar surface area (TPSA) is 91.9 Å². The van der Waals surface area contributed by atoms with Crippen LogP contribution < -0.4 is 15.4 Å². The molecule has 8 heteroatoms. The van der Waals surface area contributed by atoms with Gasteiger partial charge in [0.25, 0.3) is 0 Å². The minimum Gasteiger partial charge on any atom is -0.490 e. The van der Waals surface area contributed by atoms with Crippen LogP contribution in [0.2, 0.25) is 0 Å². The lowest BCUT2D eigenvalue weighted by atomic mass is 10.1. The molecule has 0 unspecified atom stereocenters. The molecule has 7 nitrogen and oxygen atoms in total. The van der Waals surface area contributed by atoms with Gasteiger partial charge in [0.2, 0.25) is 6.41 Å². The van der Waals surface area contributed by atoms with E-state index in [1.165, 1.54) is 16.9 Å². The van der Waals surface area contributed by atoms with Crippen LogP contribution in [0, 0.1) is 6.92 Å². The highest BCUT2D eigenvalue weighted by molar-refractivity contribution is 7.13. The van der Waals surface area contributed by atoms with E-state index < -0.39 is 0 Å². The van der Waals surface area contributed by atoms with Crippen molar-refractivity contribution in [3.8, 4) is 17.1 Å². The Bertz CT molecular complexity index is 1120. The number of para-hydroxylation sites is 2. The summed E-state index contributed by atoms with van der Waals surface area (Å²) in [6.07, 6.45) is 4.62. The minimum absolute atomic E-state index is 0.281. The Labute approximate surface area is 184 Å². The van der Waals surface area contributed by atoms with Crippen molar-refractivity contribution in [3.05, 3.63) is 59.6 Å². The fourth-order valence-corrected chi connectivity index (χ4v) is 3.99. The van der Waals surface area contributed by atoms with Gasteiger partial charge < -0.3 is 20.4 Å². The van der Waals surface area contributed by atoms with Crippen molar-refractivity contribution in [2.24, 2.45) is 0 Å². The van der Waals surface area contributed by atoms with Crippen molar-refractivity contribution in [1.29, 1.82) is 0 Å². The second-order valence-corrected chi connectivity index (χ2v) is 8.11. The lowest BCUT2D eigenvalue weighted by molar-refractivity contribution is -0.105. The number of H-pyrrole nitrogens is 1. The number of piperidine rings is 1. The predicted octanol–water partition coefficient (Wildman–Crippen LogP) is 4.38. The molecule has 0 radical (unpaired) electrons. The highest BCUT2D eigenvalue weighted by atomic mass is 32.1. The Balaban J connectivity index is 0.000000245. The molecule has 3 N–H and O–H groups in total. The molecule has 3 heterocycles. The molecule has 0 atom stereocenters. The Hall–Kier alpha value is -3.23. The first-order chi connectivity index (χ1) is 15.2. The van der Waals surface area contributed by atoms with Crippen molar-refractivity contribution >= 4 is 33.9 Å². The molecule has 160 valence electrons. The summed E-state index contributed by atoms with van der Waals surface area (Å²) in [4.78, 5) is 21.7. The fraction of sp³-hybridized carbons (Fsp3) is 0.261. The summed E-state index contributed by atoms with van der Waals surface area (Å²) in [5.74, 6) is 1.79. The van der Waals surface area contributed by atoms with Gasteiger partial charge in [-0.25, -0.2) is 9.97 Å². The normalized spacial score (nSPS) is 14.0. The molecule has 0 saturated carbocycles. The molecule has 31 heavy (non-hydrogen) atoms. The van der Waals surface area contributed by atoms with Gasteiger partial charge in [-0.3, -0.25) is 4.79 Å². The number of ether oxygens (including phenoxy) is 1. The van der Waals surface area contributed by atoms with E-state index in [1.54, 1.807) is 11.6 Å². The predicted molar refractivity (Wildman–Crippen MR) is 125 cm³/mol. The van der Waals surface area contributed by atoms with E-state index in [9.17, 15) is 4.79 Å². The molecule has 1 amide bonds. The van der Waals surface area contributed by atoms with Gasteiger partial charge in [0, 0.05) is 11.6 Å². The van der Waals surface area contributed by atoms with Crippen molar-refractivity contribution in [3.63, 3.8) is 0 Å². The monoisotopic (exact) mass is 435 g/mol. The third-order valence-electron chi connectivity index (χ3n) is 5.05. The van der Waals surface area contributed by atoms with Crippen LogP contribution in [0.15, 0.2) is 54.0 Å². The number of fused-ring (bicyclic) bond motifs is 1. The molecule has 2 aromatic heterocycles. The third kappa shape index (κ3) is 5.28. The third-order valence-corrected chi connectivity index (χ3v) is 5.76. The number of amides is 1. The van der Waals surface area contributed by atoms with E-state index >= 15 is 0 Å². The van der Waals surface area contributed by atoms with Crippen LogP contribution in [0.25, 0.3) is 22.4 Å². The standard InChI is InChI=1S/C19H21N3O.C4H4N2OS/c1-13-5-4-7-16-18(13)22-19(21-16)15-6-2-3-8-17(15)23-14-9-11-20-12-10-14;7-3-6-4-5-1-2-8-4/h2-8,14,20H,9-12H2,1H3,(H,21,22);1-3H,(H,5,6,7). The molecule has 1 aliphatic rings. The first-order valence-corrected chi connectivity index (χ1v) is 11.1. The van der Waals surface area contributed by atoms with Crippen LogP contribution in [-0.4, -0.2) is 40.6 Å². The van der Waals surface area contributed by atoms with E-state index in [0.29, 0.717) is 11.5 Å². The second-order valence-electron chi connectivity index (χ2n) is 7.22. The van der Waals surface area contributed by atoms with Gasteiger partial charge in [-0.1, -0.05) is 24.3 Å². The molecule has 4 aromatic rings. The number of benzene rings is 2. The zero-order valence-electron chi connectivity index (χ0n) is 17.3. The van der Waals surface area contributed by atoms with E-state index in [-0.39, 0.29) is 6.10 Å². The summed E-state index contributed by atoms with van der Waals surface area (Å²) in [5, 5.41) is 8.22. The average Bonchev–Trinajstić information content (AvgIpc) is 3.46. The smallest absolute Gasteiger partial charge is 0.213 e. The van der Waals surface area contributed by atoms with Crippen LogP contribution in [0.1, 0.15) is 18.4 Å². The van der Waals surface area contributed by atoms with Crippen molar-refractivity contribution in [2.75, 3.05) is 18.4 Å². The van der Waals surface area contributed by atoms with Crippen LogP contribution >= 0.6 is 11.3 Å². The maximum Gasteiger partial charge on any atom is 0.213 e. The number of aromatic nitrogens is 3. The zero-order valence-corrected chi connectivity index (χ0v) is 18.1. The summed E-state index contributed by atoms with van der Waals surface area (Å²) in [6.45, 7) is 4.14. The van der Waals surface area contributed by atoms with Crippen molar-refractivity contribution < 1.29 is 9.53 Å². The highest BCUT2D eigenvalue weighted by Crippen LogP contribution is 2.31. The number of hydrogen-bond acceptors (Lipinski definition) is 6. The molecule has 1 saturated heterocycles. The summed E-state index contributed by atoms with van der Waals surface area (Å²) >= 11 is 1.39. The molecular weight excluding hydrogens is 410 g/mol. The van der Waals surface area contributed by atoms with Crippen LogP contribution in [0.4, 0.5) is 5.13 Å². The number of imidazole rings is 1. The second kappa shape index (κ2) is 10.2. The molecule has 1 aliphatic heterocycles. The van der Waals surface area contributed by atoms with Gasteiger partial charge in [0.1, 0.15) is 17.7 Å². The molecule has 5 rings (SSSR count). The Morgan fingerprint density at radius 3 is 2.74 bits per heavy atom. The van der Waals surface area contributed by atoms with E-state index in [0.717, 1.165) is 54.1 Å². The van der Waals surface area contributed by atoms with E-state index in [2.05, 4.69) is 51.8 Å². The number of nitrogens with zero attached hydrogens (tertiary/aromatic N) is 2. The molecule has 1 fully saturated rings. The SMILES string of the molecule is Cc1cccc2[nH]c(-c3ccccc3OC3CCNCC3)nc12.O=CNc1nccs1. The maximum absolute atomic E-state index is 9.73. The number of carbonyl (C=O) groups is 1. The van der Waals surface area contributed by atoms with Crippen LogP contribution in [0.3, 0.4) is 0 Å². The Kier molecular flexibility index (Phi) is 6.91. The van der Waals surface area contributed by atoms with Crippen LogP contribution in [0.5, 0.6) is 5.75 Å². The Morgan fingerprint density at radius 2 is 2.00 bits per heavy atom. The highest BCUT2D eigenvalue weighted by Gasteiger charge is 2.18. The minimum atomic E-state index is 0.281. The zero-order chi connectivity index (χ0) is 21.5. The first kappa shape index (κ1) is 21.0. The number of nitrogens with one attached hydrogen (secondary N) is 3. The quantitative estimate of drug-likeness (QED) is 0.405.